The molecule has 0 heterocycles. The van der Waals surface area contributed by atoms with Gasteiger partial charge in [-0.25, -0.2) is 0 Å². The summed E-state index contributed by atoms with van der Waals surface area (Å²) in [5, 5.41) is 13.3. The summed E-state index contributed by atoms with van der Waals surface area (Å²) >= 11 is 0. The van der Waals surface area contributed by atoms with E-state index in [1.165, 1.54) is 70.9 Å². The van der Waals surface area contributed by atoms with Gasteiger partial charge in [0.15, 0.2) is 0 Å². The molecule has 0 aliphatic heterocycles. The molecule has 2 bridgehead atoms. The monoisotopic (exact) mass is 962 g/mol. The fraction of sp³-hybridized carbons (Fsp3) is 0.0588. The second-order valence-electron chi connectivity index (χ2n) is 14.7. The van der Waals surface area contributed by atoms with E-state index in [9.17, 15) is 25.2 Å². The van der Waals surface area contributed by atoms with Crippen LogP contribution in [0.1, 0.15) is 6.42 Å². The van der Waals surface area contributed by atoms with E-state index in [0.29, 0.717) is 0 Å². The van der Waals surface area contributed by atoms with Gasteiger partial charge in [-0.15, -0.1) is 0 Å². The van der Waals surface area contributed by atoms with Crippen molar-refractivity contribution in [1.82, 2.24) is 0 Å². The Balaban J connectivity index is 0.000000318. The van der Waals surface area contributed by atoms with Gasteiger partial charge in [0, 0.05) is 0 Å². The van der Waals surface area contributed by atoms with Gasteiger partial charge in [0.25, 0.3) is 0 Å². The molecule has 0 saturated heterocycles. The first kappa shape index (κ1) is 44.8. The molecule has 8 aromatic rings. The van der Waals surface area contributed by atoms with Crippen LogP contribution in [-0.4, -0.2) is 0 Å². The van der Waals surface area contributed by atoms with Crippen LogP contribution in [0.15, 0.2) is 194 Å². The summed E-state index contributed by atoms with van der Waals surface area (Å²) in [6.07, 6.45) is 10.5. The zero-order chi connectivity index (χ0) is 41.8. The second kappa shape index (κ2) is 18.2. The van der Waals surface area contributed by atoms with E-state index >= 15 is 0 Å². The molecule has 2 aliphatic rings. The first-order chi connectivity index (χ1) is 28.8. The van der Waals surface area contributed by atoms with Crippen LogP contribution in [0.5, 0.6) is 0 Å². The molecule has 0 N–H and O–H groups in total. The first-order valence-corrected chi connectivity index (χ1v) is 24.3. The van der Waals surface area contributed by atoms with Crippen molar-refractivity contribution in [2.75, 3.05) is 0 Å². The Kier molecular flexibility index (Phi) is 13.4. The molecule has 308 valence electrons. The van der Waals surface area contributed by atoms with E-state index in [2.05, 4.69) is 220 Å². The molecule has 0 aromatic heterocycles. The van der Waals surface area contributed by atoms with Gasteiger partial charge in [-0.05, 0) is 124 Å². The van der Waals surface area contributed by atoms with Crippen molar-refractivity contribution in [3.05, 3.63) is 220 Å². The molecule has 2 aliphatic carbocycles. The first-order valence-electron chi connectivity index (χ1n) is 19.5. The van der Waals surface area contributed by atoms with Crippen molar-refractivity contribution in [3.8, 4) is 11.1 Å². The van der Waals surface area contributed by atoms with Crippen molar-refractivity contribution in [2.24, 2.45) is 11.8 Å². The number of halogens is 6. The summed E-state index contributed by atoms with van der Waals surface area (Å²) in [6.45, 7) is 0. The molecule has 61 heavy (non-hydrogen) atoms. The quantitative estimate of drug-likeness (QED) is 0.0848. The summed E-state index contributed by atoms with van der Waals surface area (Å²) in [4.78, 5) is 0. The van der Waals surface area contributed by atoms with Crippen molar-refractivity contribution in [1.29, 1.82) is 0 Å². The van der Waals surface area contributed by atoms with Gasteiger partial charge >= 0.3 is 52.5 Å². The largest absolute Gasteiger partial charge is 3.00 e. The molecule has 0 amide bonds. The molecule has 10 rings (SSSR count). The maximum atomic E-state index is 9.87. The smallest absolute Gasteiger partial charge is 0.0622 e. The maximum absolute atomic E-state index is 10.7. The molecule has 0 unspecified atom stereocenters. The third-order valence-corrected chi connectivity index (χ3v) is 15.3. The minimum absolute atomic E-state index is 0. The fourth-order valence-electron chi connectivity index (χ4n) is 7.91. The van der Waals surface area contributed by atoms with E-state index < -0.39 is 23.7 Å². The average Bonchev–Trinajstić information content (AvgIpc) is 3.92. The zero-order valence-electron chi connectivity index (χ0n) is 32.6. The fourth-order valence-corrected chi connectivity index (χ4v) is 12.9. The molecule has 8 aromatic carbocycles. The van der Waals surface area contributed by atoms with E-state index in [1.54, 1.807) is 0 Å². The normalized spacial score (nSPS) is 16.8. The summed E-state index contributed by atoms with van der Waals surface area (Å²) in [5.74, 6) is 1.62. The van der Waals surface area contributed by atoms with Crippen LogP contribution < -0.4 is 31.8 Å². The van der Waals surface area contributed by atoms with Gasteiger partial charge in [-0.3, -0.25) is 0 Å². The van der Waals surface area contributed by atoms with Crippen LogP contribution in [0.25, 0.3) is 32.7 Å². The van der Waals surface area contributed by atoms with E-state index in [-0.39, 0.29) is 19.5 Å². The summed E-state index contributed by atoms with van der Waals surface area (Å²) < 4.78 is 59.2. The molecular weight excluding hydrogens is 922 g/mol. The molecule has 2 fully saturated rings. The van der Waals surface area contributed by atoms with Crippen molar-refractivity contribution in [2.45, 2.75) is 6.42 Å². The number of benzene rings is 8. The number of rotatable bonds is 7. The Bertz CT molecular complexity index is 2430. The van der Waals surface area contributed by atoms with Crippen molar-refractivity contribution in [3.63, 3.8) is 0 Å². The van der Waals surface area contributed by atoms with Crippen LogP contribution in [0.4, 0.5) is 25.2 Å². The average molecular weight is 963 g/mol. The Morgan fingerprint density at radius 3 is 0.869 bits per heavy atom. The number of hydrogen-bond acceptors (Lipinski definition) is 0. The van der Waals surface area contributed by atoms with Crippen LogP contribution in [0, 0.1) is 37.5 Å². The van der Waals surface area contributed by atoms with E-state index in [1.807, 2.05) is 0 Å². The number of fused-ring (bicyclic) bond motifs is 4. The minimum atomic E-state index is -10.7. The SMILES string of the molecule is F[P-](F)(F)(F)(F)F.[CH]1[CH]C2[CH][CH]C1C2.[Rh+3].c1ccc(P(c2ccccc2)c2ccc3ccccc3c2-c2c(P(c3ccccc3)c3ccccc3)ccc3ccccc23)cc1. The topological polar surface area (TPSA) is 0 Å². The molecule has 0 atom stereocenters. The van der Waals surface area contributed by atoms with E-state index in [0.717, 1.165) is 11.8 Å². The predicted molar refractivity (Wildman–Crippen MR) is 247 cm³/mol. The van der Waals surface area contributed by atoms with E-state index in [4.69, 9.17) is 0 Å². The van der Waals surface area contributed by atoms with Gasteiger partial charge in [0.2, 0.25) is 0 Å². The summed E-state index contributed by atoms with van der Waals surface area (Å²) in [6, 6.07) is 71.8. The van der Waals surface area contributed by atoms with Crippen LogP contribution in [0.2, 0.25) is 0 Å². The molecule has 0 nitrogen and oxygen atoms in total. The Morgan fingerprint density at radius 1 is 0.344 bits per heavy atom. The zero-order valence-corrected chi connectivity index (χ0v) is 36.9. The Labute approximate surface area is 368 Å². The Morgan fingerprint density at radius 2 is 0.607 bits per heavy atom. The van der Waals surface area contributed by atoms with Gasteiger partial charge in [0.1, 0.15) is 0 Å². The van der Waals surface area contributed by atoms with Gasteiger partial charge in [0.05, 0.1) is 0 Å². The molecule has 4 radical (unpaired) electrons. The van der Waals surface area contributed by atoms with Crippen molar-refractivity contribution < 1.29 is 44.7 Å². The molecule has 0 spiro atoms. The third-order valence-electron chi connectivity index (χ3n) is 10.4. The third kappa shape index (κ3) is 11.6. The summed E-state index contributed by atoms with van der Waals surface area (Å²) in [7, 11) is -12.4. The second-order valence-corrected chi connectivity index (χ2v) is 21.0. The van der Waals surface area contributed by atoms with Crippen LogP contribution in [0.3, 0.4) is 0 Å². The van der Waals surface area contributed by atoms with Gasteiger partial charge in [-0.1, -0.05) is 194 Å². The number of hydrogen-bond donors (Lipinski definition) is 0. The molecule has 10 heteroatoms. The minimum Gasteiger partial charge on any atom is -0.0622 e. The van der Waals surface area contributed by atoms with Crippen LogP contribution in [-0.2, 0) is 19.5 Å². The van der Waals surface area contributed by atoms with Gasteiger partial charge < -0.3 is 0 Å². The summed E-state index contributed by atoms with van der Waals surface area (Å²) in [5.41, 5.74) is 2.70. The van der Waals surface area contributed by atoms with Gasteiger partial charge in [-0.2, -0.15) is 0 Å². The molecule has 2 saturated carbocycles. The van der Waals surface area contributed by atoms with Crippen LogP contribution >= 0.6 is 23.7 Å². The molecular formula is C51H40F6P3Rh+2. The predicted octanol–water partition coefficient (Wildman–Crippen LogP) is 14.0. The maximum Gasteiger partial charge on any atom is 3.00 e. The van der Waals surface area contributed by atoms with Crippen molar-refractivity contribution >= 4 is 77.0 Å². The standard InChI is InChI=1S/C44H32P2.C7H8.F6P.Rh/c1-5-19-35(20-6-1)45(36-21-7-2-8-22-36)41-31-29-33-17-13-15-27-39(33)43(41)44-40-28-16-14-18-34(40)30-32-42(44)46(37-23-9-3-10-24-37)38-25-11-4-12-26-38;1-2-7-4-3-6(1)5-7;1-7(2,3,4,5)6;/h1-32H;1-4,6-7H,5H2;;/q;;-1;+3. The Hall–Kier alpha value is -4.23.